The van der Waals surface area contributed by atoms with E-state index in [0.29, 0.717) is 81.3 Å². The van der Waals surface area contributed by atoms with E-state index in [1.807, 2.05) is 25.1 Å². The van der Waals surface area contributed by atoms with Crippen molar-refractivity contribution in [3.05, 3.63) is 293 Å². The van der Waals surface area contributed by atoms with E-state index >= 15 is 0 Å². The molecule has 0 aliphatic carbocycles. The van der Waals surface area contributed by atoms with Gasteiger partial charge >= 0.3 is 14.2 Å². The summed E-state index contributed by atoms with van der Waals surface area (Å²) in [5.41, 5.74) is 3.09. The molecule has 4 heterocycles. The third kappa shape index (κ3) is 19.1. The van der Waals surface area contributed by atoms with E-state index in [1.54, 1.807) is 143 Å². The molecule has 30 heteroatoms. The van der Waals surface area contributed by atoms with Crippen LogP contribution in [-0.4, -0.2) is 128 Å². The maximum Gasteiger partial charge on any atom is 0.488 e. The molecule has 0 amide bonds. The fourth-order valence-electron chi connectivity index (χ4n) is 11.1. The Labute approximate surface area is 641 Å². The Morgan fingerprint density at radius 2 is 0.645 bits per heavy atom. The normalized spacial score (nSPS) is 10.8. The lowest BCUT2D eigenvalue weighted by Crippen LogP contribution is -2.29. The smallest absolute Gasteiger partial charge is 0.488 e. The predicted molar refractivity (Wildman–Crippen MR) is 428 cm³/mol. The minimum absolute atomic E-state index is 0.0840. The minimum Gasteiger partial charge on any atom is -0.508 e. The topological polar surface area (TPSA) is 430 Å². The van der Waals surface area contributed by atoms with Gasteiger partial charge in [0.2, 0.25) is 0 Å². The van der Waals surface area contributed by atoms with Crippen LogP contribution in [0.25, 0.3) is 83.0 Å². The third-order valence-corrected chi connectivity index (χ3v) is 17.6. The number of aromatic nitrogens is 4. The SMILES string of the molecule is C/C=C/B(O)O.C/C=C/c1cn(-c2ccc(O)cc2)c(=O)c2c(O)cc(O)cc12.COc1ccc(-c2cn(-c3ccc(O)cc3)c(=O)c3c(O)cc(O)cc23)cc1.COc1ccc(B(O)O)cc1.O=c1c2c(O)cc(O)cc2c(Br)cn1-c1ccc(O)cc1.O=c1c2c(O)cc(O)cc2c(Br)cn1-c1ccc(O)cc1. The highest BCUT2D eigenvalue weighted by Crippen LogP contribution is 2.38. The van der Waals surface area contributed by atoms with E-state index in [0.717, 1.165) is 29.8 Å². The molecule has 14 aromatic rings. The number of rotatable bonds is 10. The number of phenols is 12. The van der Waals surface area contributed by atoms with Crippen molar-refractivity contribution in [2.24, 2.45) is 0 Å². The van der Waals surface area contributed by atoms with Gasteiger partial charge in [0, 0.05) is 108 Å². The van der Waals surface area contributed by atoms with Gasteiger partial charge in [-0.15, -0.1) is 0 Å². The second-order valence-corrected chi connectivity index (χ2v) is 25.4. The van der Waals surface area contributed by atoms with Gasteiger partial charge in [0.05, 0.1) is 35.8 Å². The van der Waals surface area contributed by atoms with E-state index in [-0.39, 0.29) is 90.5 Å². The van der Waals surface area contributed by atoms with Crippen LogP contribution in [0.2, 0.25) is 0 Å². The molecule has 4 aromatic heterocycles. The zero-order chi connectivity index (χ0) is 79.9. The van der Waals surface area contributed by atoms with Crippen LogP contribution in [0.1, 0.15) is 19.4 Å². The van der Waals surface area contributed by atoms with Crippen molar-refractivity contribution in [2.75, 3.05) is 14.2 Å². The summed E-state index contributed by atoms with van der Waals surface area (Å²) in [6.45, 7) is 3.56. The van der Waals surface area contributed by atoms with Crippen LogP contribution in [0.4, 0.5) is 0 Å². The first-order valence-corrected chi connectivity index (χ1v) is 34.2. The zero-order valence-electron chi connectivity index (χ0n) is 58.4. The van der Waals surface area contributed by atoms with Crippen LogP contribution in [0.5, 0.6) is 80.5 Å². The van der Waals surface area contributed by atoms with Crippen molar-refractivity contribution >= 4 is 101 Å². The second-order valence-electron chi connectivity index (χ2n) is 23.7. The van der Waals surface area contributed by atoms with Crippen LogP contribution >= 0.6 is 31.9 Å². The number of fused-ring (bicyclic) bond motifs is 4. The summed E-state index contributed by atoms with van der Waals surface area (Å²) in [7, 11) is 0.450. The zero-order valence-corrected chi connectivity index (χ0v) is 61.6. The highest BCUT2D eigenvalue weighted by Gasteiger charge is 2.20. The fourth-order valence-corrected chi connectivity index (χ4v) is 12.2. The number of pyridine rings is 4. The van der Waals surface area contributed by atoms with Gasteiger partial charge in [-0.3, -0.25) is 37.4 Å². The Kier molecular flexibility index (Phi) is 26.3. The standard InChI is InChI=1S/C22H17NO5.C18H15NO4.2C15H10BrNO4.C7H9BO3.C3H7BO2/c1-28-17-8-2-13(3-9-17)19-12-23(14-4-6-15(24)7-5-14)22(27)21-18(19)10-16(25)11-20(21)26;1-2-3-11-10-19(12-4-6-13(20)7-5-12)18(23)17-15(11)8-14(21)9-16(17)22;2*16-12-7-17(8-1-3-9(18)4-2-8)15(21)14-11(12)5-10(19)6-13(14)20;1-11-7-4-2-6(3-5-7)8(9)10;1-2-3-4(5)6/h2-12,24-26H,1H3;2-10,20-22H,1H3;2*1-7,18-20H;2-5,9-10H,1H3;2-3,5-6H,1H3/b;3-2+;;;;3-2+. The first kappa shape index (κ1) is 80.7. The van der Waals surface area contributed by atoms with Gasteiger partial charge in [0.25, 0.3) is 22.2 Å². The lowest BCUT2D eigenvalue weighted by atomic mass is 9.80. The summed E-state index contributed by atoms with van der Waals surface area (Å²) in [5.74, 6) is 1.40. The van der Waals surface area contributed by atoms with E-state index in [9.17, 15) is 80.5 Å². The highest BCUT2D eigenvalue weighted by atomic mass is 79.9. The summed E-state index contributed by atoms with van der Waals surface area (Å²) in [6, 6.07) is 48.7. The lowest BCUT2D eigenvalue weighted by molar-refractivity contribution is 0.414. The van der Waals surface area contributed by atoms with Crippen LogP contribution in [0.3, 0.4) is 0 Å². The van der Waals surface area contributed by atoms with Gasteiger partial charge in [-0.25, -0.2) is 0 Å². The molecule has 0 unspecified atom stereocenters. The van der Waals surface area contributed by atoms with Crippen LogP contribution in [0.15, 0.2) is 265 Å². The maximum absolute atomic E-state index is 13.1. The van der Waals surface area contributed by atoms with Crippen molar-refractivity contribution in [1.29, 1.82) is 0 Å². The minimum atomic E-state index is -1.40. The van der Waals surface area contributed by atoms with E-state index in [1.165, 1.54) is 97.0 Å². The van der Waals surface area contributed by atoms with Gasteiger partial charge in [-0.1, -0.05) is 48.5 Å². The summed E-state index contributed by atoms with van der Waals surface area (Å²) in [5, 5.41) is 152. The van der Waals surface area contributed by atoms with Crippen LogP contribution in [0, 0.1) is 0 Å². The largest absolute Gasteiger partial charge is 0.508 e. The predicted octanol–water partition coefficient (Wildman–Crippen LogP) is 11.6. The Morgan fingerprint density at radius 3 is 0.955 bits per heavy atom. The molecule has 26 nitrogen and oxygen atoms in total. The number of hydrogen-bond donors (Lipinski definition) is 16. The third-order valence-electron chi connectivity index (χ3n) is 16.3. The Bertz CT molecular complexity index is 5830. The molecule has 110 heavy (non-hydrogen) atoms. The van der Waals surface area contributed by atoms with Crippen LogP contribution < -0.4 is 37.2 Å². The van der Waals surface area contributed by atoms with E-state index < -0.39 is 36.5 Å². The number of ether oxygens (including phenoxy) is 2. The second kappa shape index (κ2) is 35.8. The first-order chi connectivity index (χ1) is 52.4. The van der Waals surface area contributed by atoms with Gasteiger partial charge < -0.3 is 90.8 Å². The van der Waals surface area contributed by atoms with Crippen molar-refractivity contribution in [2.45, 2.75) is 13.8 Å². The monoisotopic (exact) mass is 1620 g/mol. The molecule has 16 N–H and O–H groups in total. The molecule has 0 spiro atoms. The number of methoxy groups -OCH3 is 2. The number of halogens is 2. The molecule has 0 aliphatic heterocycles. The number of benzene rings is 10. The van der Waals surface area contributed by atoms with E-state index in [2.05, 4.69) is 31.9 Å². The van der Waals surface area contributed by atoms with Gasteiger partial charge in [-0.2, -0.15) is 0 Å². The molecule has 0 saturated heterocycles. The van der Waals surface area contributed by atoms with Gasteiger partial charge in [-0.05, 0) is 208 Å². The van der Waals surface area contributed by atoms with Crippen LogP contribution in [-0.2, 0) is 0 Å². The molecule has 0 aliphatic rings. The average Bonchev–Trinajstić information content (AvgIpc) is 0.729. The van der Waals surface area contributed by atoms with Crippen molar-refractivity contribution < 1.29 is 90.8 Å². The molecule has 14 rings (SSSR count). The molecule has 0 fully saturated rings. The molecular weight excluding hydrogens is 1550 g/mol. The molecule has 0 atom stereocenters. The highest BCUT2D eigenvalue weighted by molar-refractivity contribution is 9.11. The summed E-state index contributed by atoms with van der Waals surface area (Å²) in [4.78, 5) is 50.9. The summed E-state index contributed by atoms with van der Waals surface area (Å²) >= 11 is 6.66. The first-order valence-electron chi connectivity index (χ1n) is 32.6. The lowest BCUT2D eigenvalue weighted by Gasteiger charge is -2.14. The van der Waals surface area contributed by atoms with Crippen molar-refractivity contribution in [3.8, 4) is 114 Å². The average molecular weight is 1620 g/mol. The molecule has 10 aromatic carbocycles. The van der Waals surface area contributed by atoms with Crippen molar-refractivity contribution in [1.82, 2.24) is 18.3 Å². The number of nitrogens with zero attached hydrogens (tertiary/aromatic N) is 4. The number of allylic oxidation sites excluding steroid dienone is 2. The number of phenolic OH excluding ortho intramolecular Hbond substituents is 12. The maximum atomic E-state index is 13.1. The molecule has 0 radical (unpaired) electrons. The Balaban J connectivity index is 0.000000158. The van der Waals surface area contributed by atoms with E-state index in [4.69, 9.17) is 29.6 Å². The molecular formula is C80H68B2Br2N4O22. The molecule has 0 bridgehead atoms. The Morgan fingerprint density at radius 1 is 0.345 bits per heavy atom. The van der Waals surface area contributed by atoms with Crippen molar-refractivity contribution in [3.63, 3.8) is 0 Å². The van der Waals surface area contributed by atoms with Gasteiger partial charge in [0.1, 0.15) is 80.5 Å². The Hall–Kier alpha value is -13.4. The quantitative estimate of drug-likeness (QED) is 0.0565. The van der Waals surface area contributed by atoms with Gasteiger partial charge in [0.15, 0.2) is 0 Å². The molecule has 560 valence electrons. The molecule has 0 saturated carbocycles. The number of aromatic hydroxyl groups is 12. The number of hydrogen-bond acceptors (Lipinski definition) is 22. The summed E-state index contributed by atoms with van der Waals surface area (Å²) in [6.07, 6.45) is 11.6. The summed E-state index contributed by atoms with van der Waals surface area (Å²) < 4.78 is 16.7. The fraction of sp³-hybridized carbons (Fsp3) is 0.0500.